The predicted octanol–water partition coefficient (Wildman–Crippen LogP) is 2.64. The number of hydrogen-bond acceptors (Lipinski definition) is 3. The van der Waals surface area contributed by atoms with Crippen LogP contribution in [-0.2, 0) is 4.79 Å². The number of hydrogen-bond donors (Lipinski definition) is 0. The maximum absolute atomic E-state index is 11.9. The molecule has 1 saturated heterocycles. The third kappa shape index (κ3) is 5.07. The summed E-state index contributed by atoms with van der Waals surface area (Å²) in [5, 5.41) is 0. The highest BCUT2D eigenvalue weighted by atomic mass is 16.3. The van der Waals surface area contributed by atoms with E-state index in [1.54, 1.807) is 28.9 Å². The van der Waals surface area contributed by atoms with Gasteiger partial charge in [0.05, 0.1) is 6.26 Å². The Morgan fingerprint density at radius 3 is 1.90 bits per heavy atom. The average Bonchev–Trinajstić information content (AvgIpc) is 3.05. The van der Waals surface area contributed by atoms with E-state index in [1.165, 1.54) is 6.26 Å². The molecule has 0 bridgehead atoms. The van der Waals surface area contributed by atoms with Crippen LogP contribution in [0.4, 0.5) is 0 Å². The van der Waals surface area contributed by atoms with Crippen molar-refractivity contribution in [3.63, 3.8) is 0 Å². The Hall–Kier alpha value is -1.78. The maximum Gasteiger partial charge on any atom is 0.289 e. The lowest BCUT2D eigenvalue weighted by molar-refractivity contribution is -0.130. The topological polar surface area (TPSA) is 53.8 Å². The summed E-state index contributed by atoms with van der Waals surface area (Å²) in [6.45, 7) is 11.9. The molecule has 5 nitrogen and oxygen atoms in total. The van der Waals surface area contributed by atoms with Crippen LogP contribution in [-0.4, -0.2) is 47.8 Å². The van der Waals surface area contributed by atoms with E-state index in [2.05, 4.69) is 0 Å². The highest BCUT2D eigenvalue weighted by Gasteiger charge is 2.24. The number of carbonyl (C=O) groups is 2. The van der Waals surface area contributed by atoms with Gasteiger partial charge in [-0.1, -0.05) is 27.7 Å². The molecule has 0 atom stereocenters. The van der Waals surface area contributed by atoms with Gasteiger partial charge in [-0.25, -0.2) is 0 Å². The third-order valence-electron chi connectivity index (χ3n) is 2.74. The summed E-state index contributed by atoms with van der Waals surface area (Å²) in [6, 6.07) is 3.35. The number of carbonyl (C=O) groups excluding carboxylic acids is 2. The lowest BCUT2D eigenvalue weighted by Crippen LogP contribution is -2.50. The highest BCUT2D eigenvalue weighted by Crippen LogP contribution is 2.09. The molecule has 0 spiro atoms. The number of rotatable bonds is 1. The Bertz CT molecular complexity index is 380. The summed E-state index contributed by atoms with van der Waals surface area (Å²) in [5.74, 6) is 0.314. The number of furan rings is 1. The molecule has 1 aromatic rings. The van der Waals surface area contributed by atoms with Crippen molar-refractivity contribution in [2.75, 3.05) is 26.2 Å². The molecule has 0 radical (unpaired) electrons. The smallest absolute Gasteiger partial charge is 0.289 e. The van der Waals surface area contributed by atoms with E-state index in [4.69, 9.17) is 4.42 Å². The van der Waals surface area contributed by atoms with Crippen LogP contribution in [0.1, 0.15) is 45.2 Å². The molecule has 2 rings (SSSR count). The molecule has 0 unspecified atom stereocenters. The first-order valence-corrected chi connectivity index (χ1v) is 7.27. The average molecular weight is 282 g/mol. The van der Waals surface area contributed by atoms with Crippen molar-refractivity contribution in [3.8, 4) is 0 Å². The lowest BCUT2D eigenvalue weighted by atomic mass is 10.3. The van der Waals surface area contributed by atoms with Crippen LogP contribution in [0.2, 0.25) is 0 Å². The van der Waals surface area contributed by atoms with Crippen molar-refractivity contribution in [1.82, 2.24) is 9.80 Å². The maximum atomic E-state index is 11.9. The van der Waals surface area contributed by atoms with Gasteiger partial charge in [0, 0.05) is 33.1 Å². The van der Waals surface area contributed by atoms with Gasteiger partial charge < -0.3 is 14.2 Å². The fourth-order valence-corrected chi connectivity index (χ4v) is 1.78. The summed E-state index contributed by atoms with van der Waals surface area (Å²) in [4.78, 5) is 26.4. The molecule has 5 heteroatoms. The Morgan fingerprint density at radius 2 is 1.50 bits per heavy atom. The molecule has 1 aliphatic heterocycles. The molecular formula is C15H26N2O3. The Labute approximate surface area is 121 Å². The summed E-state index contributed by atoms with van der Waals surface area (Å²) in [5.41, 5.74) is 0. The first-order chi connectivity index (χ1) is 9.68. The highest BCUT2D eigenvalue weighted by molar-refractivity contribution is 5.91. The summed E-state index contributed by atoms with van der Waals surface area (Å²) < 4.78 is 5.05. The summed E-state index contributed by atoms with van der Waals surface area (Å²) in [7, 11) is 0. The largest absolute Gasteiger partial charge is 0.459 e. The summed E-state index contributed by atoms with van der Waals surface area (Å²) >= 11 is 0. The lowest BCUT2D eigenvalue weighted by Gasteiger charge is -2.33. The summed E-state index contributed by atoms with van der Waals surface area (Å²) in [6.07, 6.45) is 1.49. The number of nitrogens with zero attached hydrogens (tertiary/aromatic N) is 2. The van der Waals surface area contributed by atoms with E-state index in [-0.39, 0.29) is 11.8 Å². The monoisotopic (exact) mass is 282 g/mol. The van der Waals surface area contributed by atoms with Crippen LogP contribution >= 0.6 is 0 Å². The molecule has 2 heterocycles. The minimum atomic E-state index is -0.104. The van der Waals surface area contributed by atoms with Crippen LogP contribution in [0.3, 0.4) is 0 Å². The van der Waals surface area contributed by atoms with E-state index in [0.717, 1.165) is 0 Å². The second kappa shape index (κ2) is 10.1. The SMILES string of the molecule is CC.CC.CC(=O)N1CCN(C(=O)c2ccco2)CC1. The quantitative estimate of drug-likeness (QED) is 0.795. The molecular weight excluding hydrogens is 256 g/mol. The first-order valence-electron chi connectivity index (χ1n) is 7.27. The molecule has 1 aromatic heterocycles. The normalized spacial score (nSPS) is 13.7. The van der Waals surface area contributed by atoms with E-state index >= 15 is 0 Å². The van der Waals surface area contributed by atoms with Gasteiger partial charge in [0.15, 0.2) is 5.76 Å². The molecule has 0 N–H and O–H groups in total. The number of piperazine rings is 1. The van der Waals surface area contributed by atoms with Gasteiger partial charge in [-0.15, -0.1) is 0 Å². The van der Waals surface area contributed by atoms with Crippen LogP contribution < -0.4 is 0 Å². The Balaban J connectivity index is 0.000000829. The standard InChI is InChI=1S/C11H14N2O3.2C2H6/c1-9(14)12-4-6-13(7-5-12)11(15)10-3-2-8-16-10;2*1-2/h2-3,8H,4-7H2,1H3;2*1-2H3. The minimum Gasteiger partial charge on any atom is -0.459 e. The molecule has 114 valence electrons. The van der Waals surface area contributed by atoms with Crippen molar-refractivity contribution in [1.29, 1.82) is 0 Å². The second-order valence-electron chi connectivity index (χ2n) is 3.78. The van der Waals surface area contributed by atoms with Gasteiger partial charge in [-0.05, 0) is 12.1 Å². The van der Waals surface area contributed by atoms with Gasteiger partial charge in [0.1, 0.15) is 0 Å². The minimum absolute atomic E-state index is 0.0603. The predicted molar refractivity (Wildman–Crippen MR) is 79.6 cm³/mol. The van der Waals surface area contributed by atoms with E-state index in [0.29, 0.717) is 31.9 Å². The number of amides is 2. The Morgan fingerprint density at radius 1 is 1.00 bits per heavy atom. The molecule has 0 aromatic carbocycles. The van der Waals surface area contributed by atoms with E-state index in [9.17, 15) is 9.59 Å². The van der Waals surface area contributed by atoms with Crippen LogP contribution in [0.25, 0.3) is 0 Å². The molecule has 0 saturated carbocycles. The van der Waals surface area contributed by atoms with Crippen LogP contribution in [0.15, 0.2) is 22.8 Å². The van der Waals surface area contributed by atoms with Crippen molar-refractivity contribution in [2.45, 2.75) is 34.6 Å². The molecule has 0 aliphatic carbocycles. The third-order valence-corrected chi connectivity index (χ3v) is 2.74. The Kier molecular flexibility index (Phi) is 9.17. The van der Waals surface area contributed by atoms with Gasteiger partial charge in [0.25, 0.3) is 5.91 Å². The van der Waals surface area contributed by atoms with Crippen LogP contribution in [0.5, 0.6) is 0 Å². The zero-order valence-corrected chi connectivity index (χ0v) is 13.2. The molecule has 1 fully saturated rings. The van der Waals surface area contributed by atoms with Gasteiger partial charge >= 0.3 is 0 Å². The van der Waals surface area contributed by atoms with Gasteiger partial charge in [0.2, 0.25) is 5.91 Å². The van der Waals surface area contributed by atoms with Gasteiger partial charge in [-0.3, -0.25) is 9.59 Å². The molecule has 2 amide bonds. The van der Waals surface area contributed by atoms with Crippen LogP contribution in [0, 0.1) is 0 Å². The second-order valence-corrected chi connectivity index (χ2v) is 3.78. The van der Waals surface area contributed by atoms with Crippen molar-refractivity contribution >= 4 is 11.8 Å². The first kappa shape index (κ1) is 18.2. The molecule has 1 aliphatic rings. The van der Waals surface area contributed by atoms with E-state index in [1.807, 2.05) is 27.7 Å². The van der Waals surface area contributed by atoms with Crippen molar-refractivity contribution in [2.24, 2.45) is 0 Å². The fraction of sp³-hybridized carbons (Fsp3) is 0.600. The zero-order chi connectivity index (χ0) is 15.5. The fourth-order valence-electron chi connectivity index (χ4n) is 1.78. The van der Waals surface area contributed by atoms with Crippen molar-refractivity contribution in [3.05, 3.63) is 24.2 Å². The van der Waals surface area contributed by atoms with Gasteiger partial charge in [-0.2, -0.15) is 0 Å². The van der Waals surface area contributed by atoms with Crippen molar-refractivity contribution < 1.29 is 14.0 Å². The zero-order valence-electron chi connectivity index (χ0n) is 13.2. The molecule has 20 heavy (non-hydrogen) atoms. The van der Waals surface area contributed by atoms with E-state index < -0.39 is 0 Å².